The number of aromatic nitrogens is 2. The molecule has 0 aliphatic carbocycles. The van der Waals surface area contributed by atoms with Gasteiger partial charge in [0.05, 0.1) is 0 Å². The quantitative estimate of drug-likeness (QED) is 0.879. The number of likely N-dealkylation sites (tertiary alicyclic amines) is 1. The van der Waals surface area contributed by atoms with E-state index < -0.39 is 0 Å². The third-order valence-corrected chi connectivity index (χ3v) is 5.89. The fourth-order valence-electron chi connectivity index (χ4n) is 4.22. The lowest BCUT2D eigenvalue weighted by Gasteiger charge is -2.33. The Labute approximate surface area is 151 Å². The molecule has 0 saturated carbocycles. The zero-order valence-electron chi connectivity index (χ0n) is 15.1. The van der Waals surface area contributed by atoms with E-state index in [0.717, 1.165) is 25.4 Å². The molecule has 1 unspecified atom stereocenters. The predicted molar refractivity (Wildman–Crippen MR) is 102 cm³/mol. The fraction of sp³-hybridized carbons (Fsp3) is 0.571. The van der Waals surface area contributed by atoms with E-state index in [9.17, 15) is 0 Å². The van der Waals surface area contributed by atoms with E-state index in [-0.39, 0.29) is 0 Å². The van der Waals surface area contributed by atoms with E-state index in [1.165, 1.54) is 56.7 Å². The third-order valence-electron chi connectivity index (χ3n) is 5.89. The number of hydrogen-bond acceptors (Lipinski definition) is 3. The van der Waals surface area contributed by atoms with Crippen LogP contribution in [-0.2, 0) is 19.4 Å². The molecular weight excluding hydrogens is 308 g/mol. The molecule has 2 aliphatic heterocycles. The summed E-state index contributed by atoms with van der Waals surface area (Å²) in [5, 5.41) is 3.84. The van der Waals surface area contributed by atoms with E-state index in [2.05, 4.69) is 56.3 Å². The van der Waals surface area contributed by atoms with Gasteiger partial charge in [-0.3, -0.25) is 0 Å². The molecule has 4 nitrogen and oxygen atoms in total. The molecule has 1 N–H and O–H groups in total. The van der Waals surface area contributed by atoms with Crippen molar-refractivity contribution in [2.75, 3.05) is 26.2 Å². The highest BCUT2D eigenvalue weighted by Gasteiger charge is 2.22. The third kappa shape index (κ3) is 4.50. The normalized spacial score (nSPS) is 22.0. The number of nitrogens with zero attached hydrogens (tertiary/aromatic N) is 3. The van der Waals surface area contributed by atoms with Gasteiger partial charge in [0.25, 0.3) is 0 Å². The molecule has 3 heterocycles. The zero-order chi connectivity index (χ0) is 16.9. The first-order valence-electron chi connectivity index (χ1n) is 9.86. The Morgan fingerprint density at radius 2 is 1.88 bits per heavy atom. The molecule has 1 saturated heterocycles. The molecule has 2 aromatic rings. The summed E-state index contributed by atoms with van der Waals surface area (Å²) >= 11 is 0. The average molecular weight is 338 g/mol. The monoisotopic (exact) mass is 338 g/mol. The van der Waals surface area contributed by atoms with E-state index >= 15 is 0 Å². The fourth-order valence-corrected chi connectivity index (χ4v) is 4.22. The summed E-state index contributed by atoms with van der Waals surface area (Å²) < 4.78 is 2.31. The van der Waals surface area contributed by atoms with Crippen LogP contribution in [0.15, 0.2) is 42.7 Å². The van der Waals surface area contributed by atoms with Gasteiger partial charge in [-0.15, -0.1) is 0 Å². The number of imidazole rings is 1. The SMILES string of the molecule is c1ccc(CCN2CCC(NCC3CCn4ccnc4C3)CC2)cc1. The van der Waals surface area contributed by atoms with Crippen LogP contribution < -0.4 is 5.32 Å². The van der Waals surface area contributed by atoms with Crippen molar-refractivity contribution in [3.8, 4) is 0 Å². The second-order valence-electron chi connectivity index (χ2n) is 7.66. The van der Waals surface area contributed by atoms with Crippen LogP contribution in [0.3, 0.4) is 0 Å². The molecular formula is C21H30N4. The summed E-state index contributed by atoms with van der Waals surface area (Å²) in [7, 11) is 0. The Kier molecular flexibility index (Phi) is 5.48. The van der Waals surface area contributed by atoms with Gasteiger partial charge in [0.1, 0.15) is 5.82 Å². The van der Waals surface area contributed by atoms with Gasteiger partial charge in [0.2, 0.25) is 0 Å². The summed E-state index contributed by atoms with van der Waals surface area (Å²) in [5.41, 5.74) is 1.46. The summed E-state index contributed by atoms with van der Waals surface area (Å²) in [6.07, 6.45) is 10.2. The summed E-state index contributed by atoms with van der Waals surface area (Å²) in [6.45, 7) is 5.96. The molecule has 1 atom stereocenters. The predicted octanol–water partition coefficient (Wildman–Crippen LogP) is 2.74. The lowest BCUT2D eigenvalue weighted by molar-refractivity contribution is 0.194. The Bertz CT molecular complexity index is 643. The number of benzene rings is 1. The van der Waals surface area contributed by atoms with Crippen molar-refractivity contribution in [1.29, 1.82) is 0 Å². The van der Waals surface area contributed by atoms with E-state index in [0.29, 0.717) is 6.04 Å². The second-order valence-corrected chi connectivity index (χ2v) is 7.66. The van der Waals surface area contributed by atoms with Crippen molar-refractivity contribution in [1.82, 2.24) is 19.8 Å². The summed E-state index contributed by atoms with van der Waals surface area (Å²) in [5.74, 6) is 2.03. The first-order chi connectivity index (χ1) is 12.4. The number of nitrogens with one attached hydrogen (secondary N) is 1. The van der Waals surface area contributed by atoms with Crippen LogP contribution in [-0.4, -0.2) is 46.7 Å². The molecule has 0 bridgehead atoms. The molecule has 4 rings (SSSR count). The standard InChI is InChI=1S/C21H30N4/c1-2-4-18(5-3-1)6-11-24-12-8-20(9-13-24)23-17-19-7-14-25-15-10-22-21(25)16-19/h1-5,10,15,19-20,23H,6-9,11-14,16-17H2. The van der Waals surface area contributed by atoms with Crippen molar-refractivity contribution in [3.05, 3.63) is 54.1 Å². The van der Waals surface area contributed by atoms with Gasteiger partial charge in [-0.2, -0.15) is 0 Å². The lowest BCUT2D eigenvalue weighted by atomic mass is 9.96. The van der Waals surface area contributed by atoms with Crippen molar-refractivity contribution >= 4 is 0 Å². The molecule has 25 heavy (non-hydrogen) atoms. The molecule has 1 aromatic heterocycles. The van der Waals surface area contributed by atoms with Crippen LogP contribution in [0.25, 0.3) is 0 Å². The van der Waals surface area contributed by atoms with Crippen LogP contribution in [0.2, 0.25) is 0 Å². The minimum atomic E-state index is 0.703. The zero-order valence-corrected chi connectivity index (χ0v) is 15.1. The molecule has 4 heteroatoms. The Hall–Kier alpha value is -1.65. The first kappa shape index (κ1) is 16.8. The molecule has 1 fully saturated rings. The second kappa shape index (κ2) is 8.15. The molecule has 1 aromatic carbocycles. The van der Waals surface area contributed by atoms with E-state index in [1.54, 1.807) is 0 Å². The highest BCUT2D eigenvalue weighted by atomic mass is 15.1. The van der Waals surface area contributed by atoms with Crippen molar-refractivity contribution in [2.45, 2.75) is 44.7 Å². The average Bonchev–Trinajstić information content (AvgIpc) is 3.14. The maximum atomic E-state index is 4.49. The van der Waals surface area contributed by atoms with E-state index in [4.69, 9.17) is 0 Å². The number of piperidine rings is 1. The molecule has 2 aliphatic rings. The molecule has 0 spiro atoms. The highest BCUT2D eigenvalue weighted by Crippen LogP contribution is 2.19. The summed E-state index contributed by atoms with van der Waals surface area (Å²) in [6, 6.07) is 11.6. The number of rotatable bonds is 6. The van der Waals surface area contributed by atoms with Gasteiger partial charge < -0.3 is 14.8 Å². The Morgan fingerprint density at radius 1 is 1.04 bits per heavy atom. The van der Waals surface area contributed by atoms with Gasteiger partial charge in [0, 0.05) is 37.9 Å². The number of hydrogen-bond donors (Lipinski definition) is 1. The number of aryl methyl sites for hydroxylation is 1. The minimum Gasteiger partial charge on any atom is -0.335 e. The largest absolute Gasteiger partial charge is 0.335 e. The van der Waals surface area contributed by atoms with Crippen LogP contribution >= 0.6 is 0 Å². The van der Waals surface area contributed by atoms with Gasteiger partial charge in [-0.25, -0.2) is 4.98 Å². The van der Waals surface area contributed by atoms with Gasteiger partial charge in [-0.05, 0) is 56.8 Å². The molecule has 134 valence electrons. The van der Waals surface area contributed by atoms with Gasteiger partial charge in [-0.1, -0.05) is 30.3 Å². The van der Waals surface area contributed by atoms with Crippen LogP contribution in [0.4, 0.5) is 0 Å². The Morgan fingerprint density at radius 3 is 2.72 bits per heavy atom. The Balaban J connectivity index is 1.15. The smallest absolute Gasteiger partial charge is 0.108 e. The molecule has 0 amide bonds. The molecule has 0 radical (unpaired) electrons. The topological polar surface area (TPSA) is 33.1 Å². The van der Waals surface area contributed by atoms with Crippen molar-refractivity contribution in [2.24, 2.45) is 5.92 Å². The van der Waals surface area contributed by atoms with Gasteiger partial charge >= 0.3 is 0 Å². The van der Waals surface area contributed by atoms with E-state index in [1.807, 2.05) is 6.20 Å². The number of fused-ring (bicyclic) bond motifs is 1. The maximum Gasteiger partial charge on any atom is 0.108 e. The first-order valence-corrected chi connectivity index (χ1v) is 9.86. The van der Waals surface area contributed by atoms with Crippen molar-refractivity contribution in [3.63, 3.8) is 0 Å². The minimum absolute atomic E-state index is 0.703. The van der Waals surface area contributed by atoms with Crippen LogP contribution in [0, 0.1) is 5.92 Å². The highest BCUT2D eigenvalue weighted by molar-refractivity contribution is 5.14. The van der Waals surface area contributed by atoms with Crippen molar-refractivity contribution < 1.29 is 0 Å². The summed E-state index contributed by atoms with van der Waals surface area (Å²) in [4.78, 5) is 7.11. The van der Waals surface area contributed by atoms with Crippen LogP contribution in [0.5, 0.6) is 0 Å². The lowest BCUT2D eigenvalue weighted by Crippen LogP contribution is -2.44. The van der Waals surface area contributed by atoms with Crippen LogP contribution in [0.1, 0.15) is 30.7 Å². The van der Waals surface area contributed by atoms with Gasteiger partial charge in [0.15, 0.2) is 0 Å². The maximum absolute atomic E-state index is 4.49.